The second-order valence-corrected chi connectivity index (χ2v) is 6.24. The monoisotopic (exact) mass is 331 g/mol. The Morgan fingerprint density at radius 3 is 2.83 bits per heavy atom. The highest BCUT2D eigenvalue weighted by molar-refractivity contribution is 9.10. The van der Waals surface area contributed by atoms with Crippen molar-refractivity contribution < 1.29 is 4.74 Å². The van der Waals surface area contributed by atoms with Crippen molar-refractivity contribution in [3.8, 4) is 0 Å². The molecule has 1 fully saturated rings. The summed E-state index contributed by atoms with van der Waals surface area (Å²) in [5, 5.41) is 4.45. The van der Waals surface area contributed by atoms with Crippen LogP contribution in [0.1, 0.15) is 37.8 Å². The van der Waals surface area contributed by atoms with Gasteiger partial charge in [-0.05, 0) is 43.9 Å². The van der Waals surface area contributed by atoms with E-state index in [1.165, 1.54) is 6.42 Å². The second kappa shape index (κ2) is 6.38. The van der Waals surface area contributed by atoms with E-state index >= 15 is 0 Å². The van der Waals surface area contributed by atoms with E-state index < -0.39 is 0 Å². The molecule has 0 spiro atoms. The molecule has 0 heterocycles. The van der Waals surface area contributed by atoms with Gasteiger partial charge in [0.2, 0.25) is 0 Å². The molecule has 0 radical (unpaired) electrons. The molecule has 3 unspecified atom stereocenters. The van der Waals surface area contributed by atoms with Gasteiger partial charge in [0.25, 0.3) is 0 Å². The number of nitrogens with one attached hydrogen (secondary N) is 1. The molecule has 0 bridgehead atoms. The summed E-state index contributed by atoms with van der Waals surface area (Å²) in [5.74, 6) is 0. The van der Waals surface area contributed by atoms with E-state index in [-0.39, 0.29) is 6.04 Å². The maximum absolute atomic E-state index is 6.27. The fourth-order valence-corrected chi connectivity index (χ4v) is 3.44. The van der Waals surface area contributed by atoms with Crippen LogP contribution in [0.15, 0.2) is 22.7 Å². The van der Waals surface area contributed by atoms with Crippen LogP contribution >= 0.6 is 27.5 Å². The van der Waals surface area contributed by atoms with E-state index in [1.54, 1.807) is 7.11 Å². The Morgan fingerprint density at radius 2 is 2.22 bits per heavy atom. The summed E-state index contributed by atoms with van der Waals surface area (Å²) in [6.45, 7) is 2.16. The lowest BCUT2D eigenvalue weighted by atomic mass is 10.1. The zero-order chi connectivity index (χ0) is 13.1. The molecule has 0 saturated heterocycles. The number of hydrogen-bond donors (Lipinski definition) is 1. The smallest absolute Gasteiger partial charge is 0.0586 e. The zero-order valence-electron chi connectivity index (χ0n) is 10.7. The van der Waals surface area contributed by atoms with Gasteiger partial charge in [-0.1, -0.05) is 33.6 Å². The van der Waals surface area contributed by atoms with Crippen LogP contribution in [0.4, 0.5) is 0 Å². The average Bonchev–Trinajstić information content (AvgIpc) is 2.76. The van der Waals surface area contributed by atoms with Crippen molar-refractivity contribution in [1.82, 2.24) is 5.32 Å². The number of halogens is 2. The van der Waals surface area contributed by atoms with Gasteiger partial charge in [-0.3, -0.25) is 0 Å². The molecule has 4 heteroatoms. The molecule has 1 aromatic rings. The molecule has 1 aliphatic rings. The third-order valence-electron chi connectivity index (χ3n) is 3.63. The summed E-state index contributed by atoms with van der Waals surface area (Å²) in [7, 11) is 1.79. The van der Waals surface area contributed by atoms with E-state index in [1.807, 2.05) is 12.1 Å². The highest BCUT2D eigenvalue weighted by Crippen LogP contribution is 2.29. The van der Waals surface area contributed by atoms with Gasteiger partial charge in [0.15, 0.2) is 0 Å². The maximum Gasteiger partial charge on any atom is 0.0586 e. The predicted molar refractivity (Wildman–Crippen MR) is 79.1 cm³/mol. The third kappa shape index (κ3) is 3.47. The molecule has 1 aliphatic carbocycles. The Morgan fingerprint density at radius 1 is 1.44 bits per heavy atom. The summed E-state index contributed by atoms with van der Waals surface area (Å²) >= 11 is 9.70. The Labute approximate surface area is 122 Å². The van der Waals surface area contributed by atoms with E-state index in [0.29, 0.717) is 12.1 Å². The topological polar surface area (TPSA) is 21.3 Å². The van der Waals surface area contributed by atoms with Crippen LogP contribution in [-0.4, -0.2) is 19.3 Å². The van der Waals surface area contributed by atoms with Crippen molar-refractivity contribution in [3.63, 3.8) is 0 Å². The van der Waals surface area contributed by atoms with Gasteiger partial charge in [0.1, 0.15) is 0 Å². The third-order valence-corrected chi connectivity index (χ3v) is 4.45. The number of hydrogen-bond acceptors (Lipinski definition) is 2. The van der Waals surface area contributed by atoms with Gasteiger partial charge in [-0.25, -0.2) is 0 Å². The minimum atomic E-state index is 0.270. The van der Waals surface area contributed by atoms with Crippen molar-refractivity contribution in [2.75, 3.05) is 7.11 Å². The molecular formula is C14H19BrClNO. The molecule has 1 saturated carbocycles. The Bertz CT molecular complexity index is 413. The van der Waals surface area contributed by atoms with Crippen molar-refractivity contribution >= 4 is 27.5 Å². The first-order chi connectivity index (χ1) is 8.60. The van der Waals surface area contributed by atoms with Gasteiger partial charge < -0.3 is 10.1 Å². The summed E-state index contributed by atoms with van der Waals surface area (Å²) in [6.07, 6.45) is 3.83. The average molecular weight is 333 g/mol. The van der Waals surface area contributed by atoms with E-state index in [2.05, 4.69) is 34.2 Å². The largest absolute Gasteiger partial charge is 0.381 e. The summed E-state index contributed by atoms with van der Waals surface area (Å²) in [6, 6.07) is 6.86. The van der Waals surface area contributed by atoms with Crippen LogP contribution in [0.25, 0.3) is 0 Å². The first-order valence-electron chi connectivity index (χ1n) is 6.34. The normalized spacial score (nSPS) is 25.3. The van der Waals surface area contributed by atoms with Crippen molar-refractivity contribution in [2.24, 2.45) is 0 Å². The summed E-state index contributed by atoms with van der Waals surface area (Å²) < 4.78 is 6.41. The van der Waals surface area contributed by atoms with Crippen molar-refractivity contribution in [1.29, 1.82) is 0 Å². The molecule has 1 N–H and O–H groups in total. The zero-order valence-corrected chi connectivity index (χ0v) is 13.1. The quantitative estimate of drug-likeness (QED) is 0.886. The van der Waals surface area contributed by atoms with Gasteiger partial charge in [0, 0.05) is 28.7 Å². The van der Waals surface area contributed by atoms with Gasteiger partial charge >= 0.3 is 0 Å². The number of benzene rings is 1. The molecule has 2 nitrogen and oxygen atoms in total. The second-order valence-electron chi connectivity index (χ2n) is 4.92. The van der Waals surface area contributed by atoms with Gasteiger partial charge in [0.05, 0.1) is 6.10 Å². The van der Waals surface area contributed by atoms with Crippen LogP contribution in [-0.2, 0) is 4.74 Å². The van der Waals surface area contributed by atoms with Gasteiger partial charge in [-0.2, -0.15) is 0 Å². The molecule has 3 atom stereocenters. The molecule has 0 aliphatic heterocycles. The van der Waals surface area contributed by atoms with Crippen molar-refractivity contribution in [3.05, 3.63) is 33.3 Å². The Hall–Kier alpha value is -0.0900. The first kappa shape index (κ1) is 14.3. The lowest BCUT2D eigenvalue weighted by Crippen LogP contribution is -2.30. The minimum Gasteiger partial charge on any atom is -0.381 e. The Kier molecular flexibility index (Phi) is 5.07. The number of methoxy groups -OCH3 is 1. The minimum absolute atomic E-state index is 0.270. The highest BCUT2D eigenvalue weighted by atomic mass is 79.9. The van der Waals surface area contributed by atoms with Crippen molar-refractivity contribution in [2.45, 2.75) is 44.4 Å². The van der Waals surface area contributed by atoms with E-state index in [9.17, 15) is 0 Å². The lowest BCUT2D eigenvalue weighted by Gasteiger charge is -2.21. The van der Waals surface area contributed by atoms with Gasteiger partial charge in [-0.15, -0.1) is 0 Å². The van der Waals surface area contributed by atoms with Crippen LogP contribution in [0.2, 0.25) is 5.02 Å². The SMILES string of the molecule is COC1CCC(NC(C)c2ccc(Br)cc2Cl)C1. The molecular weight excluding hydrogens is 314 g/mol. The summed E-state index contributed by atoms with van der Waals surface area (Å²) in [5.41, 5.74) is 1.15. The molecule has 2 rings (SSSR count). The number of rotatable bonds is 4. The molecule has 0 amide bonds. The fraction of sp³-hybridized carbons (Fsp3) is 0.571. The standard InChI is InChI=1S/C14H19BrClNO/c1-9(13-6-3-10(15)7-14(13)16)17-11-4-5-12(8-11)18-2/h3,6-7,9,11-12,17H,4-5,8H2,1-2H3. The Balaban J connectivity index is 1.97. The molecule has 1 aromatic carbocycles. The van der Waals surface area contributed by atoms with Crippen LogP contribution < -0.4 is 5.32 Å². The fourth-order valence-electron chi connectivity index (χ4n) is 2.60. The van der Waals surface area contributed by atoms with Crippen LogP contribution in [0, 0.1) is 0 Å². The molecule has 0 aromatic heterocycles. The summed E-state index contributed by atoms with van der Waals surface area (Å²) in [4.78, 5) is 0. The van der Waals surface area contributed by atoms with E-state index in [4.69, 9.17) is 16.3 Å². The van der Waals surface area contributed by atoms with Crippen LogP contribution in [0.5, 0.6) is 0 Å². The molecule has 18 heavy (non-hydrogen) atoms. The highest BCUT2D eigenvalue weighted by Gasteiger charge is 2.25. The first-order valence-corrected chi connectivity index (χ1v) is 7.51. The number of ether oxygens (including phenoxy) is 1. The molecule has 100 valence electrons. The van der Waals surface area contributed by atoms with Crippen LogP contribution in [0.3, 0.4) is 0 Å². The predicted octanol–water partition coefficient (Wildman–Crippen LogP) is 4.32. The lowest BCUT2D eigenvalue weighted by molar-refractivity contribution is 0.106. The maximum atomic E-state index is 6.27. The van der Waals surface area contributed by atoms with E-state index in [0.717, 1.165) is 27.9 Å².